The maximum atomic E-state index is 6.50. The zero-order chi connectivity index (χ0) is 21.8. The molecule has 3 aromatic carbocycles. The molecule has 0 bridgehead atoms. The molecule has 4 nitrogen and oxygen atoms in total. The van der Waals surface area contributed by atoms with Crippen molar-refractivity contribution in [1.29, 1.82) is 0 Å². The Kier molecular flexibility index (Phi) is 4.83. The Morgan fingerprint density at radius 3 is 2.62 bits per heavy atom. The Bertz CT molecular complexity index is 1350. The standard InChI is InChI=1S/C26H22Cl2N2O2/c1-29-9-8-16-10-24-25(32-15-31-24)12-20(16)26(29)21-14-30(23-5-3-2-4-19(21)23)13-17-6-7-18(27)11-22(17)28/h2-7,10-12,14,26H,8-9,13,15H2,1H3. The first kappa shape index (κ1) is 20.0. The van der Waals surface area contributed by atoms with Crippen LogP contribution in [0.3, 0.4) is 0 Å². The monoisotopic (exact) mass is 464 g/mol. The molecule has 0 amide bonds. The van der Waals surface area contributed by atoms with E-state index in [-0.39, 0.29) is 6.04 Å². The normalized spacial score (nSPS) is 17.7. The second-order valence-electron chi connectivity index (χ2n) is 8.50. The molecule has 1 unspecified atom stereocenters. The van der Waals surface area contributed by atoms with Gasteiger partial charge in [0.05, 0.1) is 6.04 Å². The molecule has 3 heterocycles. The molecular weight excluding hydrogens is 443 g/mol. The molecule has 6 rings (SSSR count). The fourth-order valence-corrected chi connectivity index (χ4v) is 5.46. The van der Waals surface area contributed by atoms with Crippen LogP contribution in [0.2, 0.25) is 10.0 Å². The molecule has 0 saturated carbocycles. The molecule has 6 heteroatoms. The number of likely N-dealkylation sites (N-methyl/N-ethyl adjacent to an activating group) is 1. The summed E-state index contributed by atoms with van der Waals surface area (Å²) in [6.07, 6.45) is 3.27. The lowest BCUT2D eigenvalue weighted by molar-refractivity contribution is 0.174. The number of rotatable bonds is 3. The summed E-state index contributed by atoms with van der Waals surface area (Å²) in [5, 5.41) is 2.58. The first-order valence-corrected chi connectivity index (χ1v) is 11.5. The van der Waals surface area contributed by atoms with Crippen molar-refractivity contribution in [1.82, 2.24) is 9.47 Å². The molecule has 0 spiro atoms. The highest BCUT2D eigenvalue weighted by atomic mass is 35.5. The smallest absolute Gasteiger partial charge is 0.231 e. The van der Waals surface area contributed by atoms with E-state index in [1.165, 1.54) is 27.6 Å². The van der Waals surface area contributed by atoms with Crippen LogP contribution in [0.5, 0.6) is 11.5 Å². The minimum Gasteiger partial charge on any atom is -0.454 e. The maximum Gasteiger partial charge on any atom is 0.231 e. The first-order valence-electron chi connectivity index (χ1n) is 10.7. The summed E-state index contributed by atoms with van der Waals surface area (Å²) in [4.78, 5) is 2.42. The predicted molar refractivity (Wildman–Crippen MR) is 128 cm³/mol. The third-order valence-electron chi connectivity index (χ3n) is 6.57. The zero-order valence-corrected chi connectivity index (χ0v) is 19.2. The van der Waals surface area contributed by atoms with Crippen molar-refractivity contribution in [3.8, 4) is 11.5 Å². The Morgan fingerprint density at radius 2 is 1.78 bits per heavy atom. The number of hydrogen-bond donors (Lipinski definition) is 0. The highest BCUT2D eigenvalue weighted by Gasteiger charge is 2.31. The summed E-state index contributed by atoms with van der Waals surface area (Å²) in [6.45, 7) is 1.96. The minimum atomic E-state index is 0.139. The van der Waals surface area contributed by atoms with E-state index in [4.69, 9.17) is 32.7 Å². The van der Waals surface area contributed by atoms with Gasteiger partial charge in [-0.1, -0.05) is 47.5 Å². The zero-order valence-electron chi connectivity index (χ0n) is 17.6. The predicted octanol–water partition coefficient (Wildman–Crippen LogP) is 6.30. The summed E-state index contributed by atoms with van der Waals surface area (Å²) in [7, 11) is 2.19. The molecule has 0 fully saturated rings. The Labute approximate surface area is 196 Å². The Hall–Kier alpha value is -2.66. The molecule has 0 saturated heterocycles. The highest BCUT2D eigenvalue weighted by molar-refractivity contribution is 6.35. The molecule has 4 aromatic rings. The van der Waals surface area contributed by atoms with E-state index in [0.717, 1.165) is 30.0 Å². The third-order valence-corrected chi connectivity index (χ3v) is 7.16. The number of halogens is 2. The van der Waals surface area contributed by atoms with E-state index in [1.54, 1.807) is 6.07 Å². The van der Waals surface area contributed by atoms with Gasteiger partial charge in [-0.25, -0.2) is 0 Å². The molecule has 1 aromatic heterocycles. The second kappa shape index (κ2) is 7.73. The van der Waals surface area contributed by atoms with E-state index in [1.807, 2.05) is 12.1 Å². The van der Waals surface area contributed by atoms with Gasteiger partial charge in [0, 0.05) is 40.2 Å². The molecule has 0 radical (unpaired) electrons. The van der Waals surface area contributed by atoms with Gasteiger partial charge in [-0.2, -0.15) is 0 Å². The number of fused-ring (bicyclic) bond motifs is 3. The lowest BCUT2D eigenvalue weighted by Gasteiger charge is -2.34. The topological polar surface area (TPSA) is 26.6 Å². The number of ether oxygens (including phenoxy) is 2. The average molecular weight is 465 g/mol. The summed E-state index contributed by atoms with van der Waals surface area (Å²) in [5.74, 6) is 1.69. The summed E-state index contributed by atoms with van der Waals surface area (Å²) >= 11 is 12.6. The van der Waals surface area contributed by atoms with Crippen molar-refractivity contribution >= 4 is 34.1 Å². The number of nitrogens with zero attached hydrogens (tertiary/aromatic N) is 2. The Morgan fingerprint density at radius 1 is 0.969 bits per heavy atom. The van der Waals surface area contributed by atoms with Crippen molar-refractivity contribution in [2.24, 2.45) is 0 Å². The number of para-hydroxylation sites is 1. The van der Waals surface area contributed by atoms with Gasteiger partial charge in [-0.15, -0.1) is 0 Å². The molecular formula is C26H22Cl2N2O2. The Balaban J connectivity index is 1.49. The molecule has 2 aliphatic rings. The quantitative estimate of drug-likeness (QED) is 0.355. The lowest BCUT2D eigenvalue weighted by atomic mass is 9.88. The largest absolute Gasteiger partial charge is 0.454 e. The van der Waals surface area contributed by atoms with Crippen LogP contribution >= 0.6 is 23.2 Å². The van der Waals surface area contributed by atoms with Gasteiger partial charge in [0.1, 0.15) is 0 Å². The van der Waals surface area contributed by atoms with Gasteiger partial charge < -0.3 is 14.0 Å². The SMILES string of the molecule is CN1CCc2cc3c(cc2C1c1cn(Cc2ccc(Cl)cc2Cl)c2ccccc12)OCO3. The molecule has 0 N–H and O–H groups in total. The van der Waals surface area contributed by atoms with Gasteiger partial charge in [-0.3, -0.25) is 4.90 Å². The first-order chi connectivity index (χ1) is 15.6. The fraction of sp³-hybridized carbons (Fsp3) is 0.231. The van der Waals surface area contributed by atoms with Crippen LogP contribution < -0.4 is 9.47 Å². The van der Waals surface area contributed by atoms with E-state index < -0.39 is 0 Å². The van der Waals surface area contributed by atoms with Crippen LogP contribution in [0.15, 0.2) is 60.8 Å². The third kappa shape index (κ3) is 3.25. The van der Waals surface area contributed by atoms with E-state index in [2.05, 4.69) is 59.1 Å². The van der Waals surface area contributed by atoms with Crippen molar-refractivity contribution < 1.29 is 9.47 Å². The van der Waals surface area contributed by atoms with Crippen LogP contribution in [-0.4, -0.2) is 29.9 Å². The lowest BCUT2D eigenvalue weighted by Crippen LogP contribution is -2.32. The van der Waals surface area contributed by atoms with Crippen molar-refractivity contribution in [2.75, 3.05) is 20.4 Å². The minimum absolute atomic E-state index is 0.139. The molecule has 0 aliphatic carbocycles. The van der Waals surface area contributed by atoms with Gasteiger partial charge >= 0.3 is 0 Å². The van der Waals surface area contributed by atoms with E-state index in [0.29, 0.717) is 23.4 Å². The van der Waals surface area contributed by atoms with Crippen LogP contribution in [0, 0.1) is 0 Å². The van der Waals surface area contributed by atoms with Gasteiger partial charge in [0.25, 0.3) is 0 Å². The fourth-order valence-electron chi connectivity index (χ4n) is 5.00. The summed E-state index contributed by atoms with van der Waals surface area (Å²) in [6, 6.07) is 18.7. The molecule has 2 aliphatic heterocycles. The second-order valence-corrected chi connectivity index (χ2v) is 9.35. The van der Waals surface area contributed by atoms with Crippen LogP contribution in [0.25, 0.3) is 10.9 Å². The van der Waals surface area contributed by atoms with Crippen LogP contribution in [-0.2, 0) is 13.0 Å². The van der Waals surface area contributed by atoms with Crippen LogP contribution in [0.1, 0.15) is 28.3 Å². The summed E-state index contributed by atoms with van der Waals surface area (Å²) in [5.41, 5.74) is 6.14. The molecule has 162 valence electrons. The van der Waals surface area contributed by atoms with Gasteiger partial charge in [-0.05, 0) is 66.1 Å². The van der Waals surface area contributed by atoms with Gasteiger partial charge in [0.15, 0.2) is 11.5 Å². The van der Waals surface area contributed by atoms with Crippen molar-refractivity contribution in [2.45, 2.75) is 19.0 Å². The molecule has 32 heavy (non-hydrogen) atoms. The number of aromatic nitrogens is 1. The summed E-state index contributed by atoms with van der Waals surface area (Å²) < 4.78 is 13.6. The maximum absolute atomic E-state index is 6.50. The van der Waals surface area contributed by atoms with E-state index >= 15 is 0 Å². The highest BCUT2D eigenvalue weighted by Crippen LogP contribution is 2.44. The van der Waals surface area contributed by atoms with Crippen molar-refractivity contribution in [3.05, 3.63) is 93.1 Å². The number of hydrogen-bond acceptors (Lipinski definition) is 3. The number of benzene rings is 3. The van der Waals surface area contributed by atoms with Crippen molar-refractivity contribution in [3.63, 3.8) is 0 Å². The van der Waals surface area contributed by atoms with E-state index in [9.17, 15) is 0 Å². The van der Waals surface area contributed by atoms with Gasteiger partial charge in [0.2, 0.25) is 6.79 Å². The molecule has 1 atom stereocenters. The van der Waals surface area contributed by atoms with Crippen LogP contribution in [0.4, 0.5) is 0 Å². The average Bonchev–Trinajstić information content (AvgIpc) is 3.39.